The van der Waals surface area contributed by atoms with Crippen molar-refractivity contribution in [3.63, 3.8) is 0 Å². The number of piperidine rings is 1. The maximum absolute atomic E-state index is 14.0. The van der Waals surface area contributed by atoms with Crippen LogP contribution < -0.4 is 5.32 Å². The molecule has 0 radical (unpaired) electrons. The molecule has 6 rings (SSSR count). The van der Waals surface area contributed by atoms with E-state index in [0.29, 0.717) is 23.3 Å². The van der Waals surface area contributed by atoms with Gasteiger partial charge in [-0.15, -0.1) is 0 Å². The van der Waals surface area contributed by atoms with Crippen molar-refractivity contribution in [3.05, 3.63) is 77.5 Å². The molecule has 9 heteroatoms. The molecule has 43 heavy (non-hydrogen) atoms. The van der Waals surface area contributed by atoms with Crippen LogP contribution in [-0.2, 0) is 22.6 Å². The molecule has 4 atom stereocenters. The number of Topliss-reactive ketones (excluding diaryl/α,β-unsaturated/α-hetero) is 1. The zero-order valence-corrected chi connectivity index (χ0v) is 25.4. The minimum absolute atomic E-state index is 0.0134. The topological polar surface area (TPSA) is 110 Å². The molecule has 1 aliphatic carbocycles. The fourth-order valence-corrected chi connectivity index (χ4v) is 6.67. The number of benzene rings is 2. The Bertz CT molecular complexity index is 1710. The lowest BCUT2D eigenvalue weighted by molar-refractivity contribution is -0.140. The molecular formula is C34H38N6O3. The van der Waals surface area contributed by atoms with Crippen molar-refractivity contribution in [2.24, 2.45) is 5.41 Å². The minimum atomic E-state index is -0.524. The molecule has 2 aromatic heterocycles. The second-order valence-electron chi connectivity index (χ2n) is 12.5. The molecule has 0 bridgehead atoms. The zero-order chi connectivity index (χ0) is 30.5. The van der Waals surface area contributed by atoms with E-state index < -0.39 is 6.04 Å². The number of carbonyl (C=O) groups is 3. The second kappa shape index (κ2) is 11.0. The average Bonchev–Trinajstić information content (AvgIpc) is 3.33. The Hall–Kier alpha value is -4.40. The Morgan fingerprint density at radius 1 is 1.05 bits per heavy atom. The van der Waals surface area contributed by atoms with Gasteiger partial charge in [-0.05, 0) is 73.8 Å². The second-order valence-corrected chi connectivity index (χ2v) is 12.5. The van der Waals surface area contributed by atoms with E-state index in [2.05, 4.69) is 46.4 Å². The third-order valence-corrected chi connectivity index (χ3v) is 9.16. The molecule has 1 N–H and O–H groups in total. The maximum atomic E-state index is 14.0. The van der Waals surface area contributed by atoms with Crippen LogP contribution in [0, 0.1) is 19.3 Å². The van der Waals surface area contributed by atoms with Crippen molar-refractivity contribution in [1.29, 1.82) is 0 Å². The Kier molecular flexibility index (Phi) is 7.36. The van der Waals surface area contributed by atoms with Crippen molar-refractivity contribution >= 4 is 28.5 Å². The number of hydrogen-bond donors (Lipinski definition) is 1. The van der Waals surface area contributed by atoms with Gasteiger partial charge in [-0.25, -0.2) is 9.97 Å². The molecule has 2 aliphatic rings. The number of likely N-dealkylation sites (tertiary alicyclic amines) is 1. The van der Waals surface area contributed by atoms with Crippen LogP contribution in [0.15, 0.2) is 54.9 Å². The van der Waals surface area contributed by atoms with Crippen LogP contribution in [0.25, 0.3) is 22.0 Å². The number of carbonyl (C=O) groups excluding carboxylic acids is 3. The quantitative estimate of drug-likeness (QED) is 0.285. The lowest BCUT2D eigenvalue weighted by atomic mass is 10.00. The molecule has 9 nitrogen and oxygen atoms in total. The normalized spacial score (nSPS) is 21.5. The van der Waals surface area contributed by atoms with E-state index in [1.165, 1.54) is 12.5 Å². The Morgan fingerprint density at radius 2 is 1.77 bits per heavy atom. The highest BCUT2D eigenvalue weighted by molar-refractivity contribution is 6.07. The van der Waals surface area contributed by atoms with Crippen LogP contribution in [-0.4, -0.2) is 60.4 Å². The largest absolute Gasteiger partial charge is 0.351 e. The third-order valence-electron chi connectivity index (χ3n) is 9.16. The van der Waals surface area contributed by atoms with Crippen molar-refractivity contribution in [1.82, 2.24) is 30.0 Å². The van der Waals surface area contributed by atoms with Gasteiger partial charge in [-0.2, -0.15) is 5.10 Å². The first-order valence-electron chi connectivity index (χ1n) is 15.0. The number of amides is 2. The summed E-state index contributed by atoms with van der Waals surface area (Å²) in [5, 5.41) is 8.56. The van der Waals surface area contributed by atoms with Gasteiger partial charge in [-0.1, -0.05) is 44.2 Å². The molecule has 4 aromatic rings. The summed E-state index contributed by atoms with van der Waals surface area (Å²) in [5.41, 5.74) is 4.79. The van der Waals surface area contributed by atoms with Gasteiger partial charge in [0.1, 0.15) is 24.1 Å². The summed E-state index contributed by atoms with van der Waals surface area (Å²) >= 11 is 0. The van der Waals surface area contributed by atoms with Crippen LogP contribution >= 0.6 is 0 Å². The van der Waals surface area contributed by atoms with Crippen molar-refractivity contribution < 1.29 is 14.4 Å². The van der Waals surface area contributed by atoms with E-state index in [1.54, 1.807) is 22.0 Å². The Morgan fingerprint density at radius 3 is 2.44 bits per heavy atom. The molecule has 1 unspecified atom stereocenters. The molecular weight excluding hydrogens is 540 g/mol. The van der Waals surface area contributed by atoms with E-state index in [1.807, 2.05) is 44.2 Å². The van der Waals surface area contributed by atoms with Gasteiger partial charge in [-0.3, -0.25) is 19.1 Å². The highest BCUT2D eigenvalue weighted by Crippen LogP contribution is 2.59. The van der Waals surface area contributed by atoms with Gasteiger partial charge in [0.2, 0.25) is 11.8 Å². The summed E-state index contributed by atoms with van der Waals surface area (Å²) in [6, 6.07) is 13.6. The maximum Gasteiger partial charge on any atom is 0.245 e. The molecule has 0 spiro atoms. The standard InChI is InChI=1S/C34H38N6O3/c1-6-26(13-23-10-8-7-9-11-23)37-33(43)28-15-34(5)16-29(34)40(28)30(42)19-39-32-20(2)12-24(25-17-35-22(4)36-18-25)14-27(32)31(38-39)21(3)41/h7-12,14,17-18,26,28-29H,6,13,15-16,19H2,1-5H3,(H,37,43)/t26?,28-,29+,34-/m0/s1. The predicted octanol–water partition coefficient (Wildman–Crippen LogP) is 4.83. The zero-order valence-electron chi connectivity index (χ0n) is 25.4. The van der Waals surface area contributed by atoms with Crippen LogP contribution in [0.5, 0.6) is 0 Å². The summed E-state index contributed by atoms with van der Waals surface area (Å²) in [5.74, 6) is 0.252. The number of aromatic nitrogens is 4. The van der Waals surface area contributed by atoms with Crippen molar-refractivity contribution in [3.8, 4) is 11.1 Å². The lowest BCUT2D eigenvalue weighted by Gasteiger charge is -2.29. The first-order valence-corrected chi connectivity index (χ1v) is 15.0. The fraction of sp³-hybridized carbons (Fsp3) is 0.412. The molecule has 2 fully saturated rings. The number of nitrogens with one attached hydrogen (secondary N) is 1. The number of hydrogen-bond acceptors (Lipinski definition) is 6. The number of fused-ring (bicyclic) bond motifs is 2. The van der Waals surface area contributed by atoms with Gasteiger partial charge in [0.05, 0.1) is 5.52 Å². The highest BCUT2D eigenvalue weighted by atomic mass is 16.2. The number of rotatable bonds is 9. The van der Waals surface area contributed by atoms with Crippen LogP contribution in [0.2, 0.25) is 0 Å². The van der Waals surface area contributed by atoms with E-state index in [-0.39, 0.29) is 41.6 Å². The smallest absolute Gasteiger partial charge is 0.245 e. The predicted molar refractivity (Wildman–Crippen MR) is 164 cm³/mol. The highest BCUT2D eigenvalue weighted by Gasteiger charge is 2.64. The molecule has 1 aliphatic heterocycles. The Balaban J connectivity index is 1.26. The number of nitrogens with zero attached hydrogens (tertiary/aromatic N) is 5. The third kappa shape index (κ3) is 5.44. The monoisotopic (exact) mass is 578 g/mol. The van der Waals surface area contributed by atoms with E-state index in [0.717, 1.165) is 41.5 Å². The summed E-state index contributed by atoms with van der Waals surface area (Å²) in [7, 11) is 0. The summed E-state index contributed by atoms with van der Waals surface area (Å²) < 4.78 is 1.64. The molecule has 2 aromatic carbocycles. The summed E-state index contributed by atoms with van der Waals surface area (Å²) in [6.45, 7) is 9.45. The molecule has 1 saturated carbocycles. The average molecular weight is 579 g/mol. The van der Waals surface area contributed by atoms with Gasteiger partial charge >= 0.3 is 0 Å². The van der Waals surface area contributed by atoms with Gasteiger partial charge in [0.15, 0.2) is 5.78 Å². The molecule has 2 amide bonds. The number of ketones is 1. The van der Waals surface area contributed by atoms with Crippen LogP contribution in [0.4, 0.5) is 0 Å². The van der Waals surface area contributed by atoms with E-state index in [4.69, 9.17) is 0 Å². The van der Waals surface area contributed by atoms with Gasteiger partial charge in [0.25, 0.3) is 0 Å². The lowest BCUT2D eigenvalue weighted by Crippen LogP contribution is -2.51. The van der Waals surface area contributed by atoms with Crippen LogP contribution in [0.1, 0.15) is 67.5 Å². The molecule has 1 saturated heterocycles. The first kappa shape index (κ1) is 28.7. The molecule has 222 valence electrons. The van der Waals surface area contributed by atoms with Gasteiger partial charge < -0.3 is 10.2 Å². The number of aryl methyl sites for hydroxylation is 2. The molecule has 3 heterocycles. The van der Waals surface area contributed by atoms with Crippen LogP contribution in [0.3, 0.4) is 0 Å². The minimum Gasteiger partial charge on any atom is -0.351 e. The Labute approximate surface area is 251 Å². The summed E-state index contributed by atoms with van der Waals surface area (Å²) in [6.07, 6.45) is 6.61. The fourth-order valence-electron chi connectivity index (χ4n) is 6.67. The van der Waals surface area contributed by atoms with Crippen molar-refractivity contribution in [2.45, 2.75) is 85.0 Å². The van der Waals surface area contributed by atoms with Gasteiger partial charge in [0, 0.05) is 42.4 Å². The first-order chi connectivity index (χ1) is 20.6. The summed E-state index contributed by atoms with van der Waals surface area (Å²) in [4.78, 5) is 50.7. The SMILES string of the molecule is CCC(Cc1ccccc1)NC(=O)[C@@H]1C[C@@]2(C)C[C@H]2N1C(=O)Cn1nc(C(C)=O)c2cc(-c3cnc(C)nc3)cc(C)c21. The van der Waals surface area contributed by atoms with Crippen molar-refractivity contribution in [2.75, 3.05) is 0 Å². The van der Waals surface area contributed by atoms with E-state index in [9.17, 15) is 14.4 Å². The van der Waals surface area contributed by atoms with E-state index >= 15 is 0 Å².